The van der Waals surface area contributed by atoms with E-state index < -0.39 is 0 Å². The molecular formula is C17H22N4. The third-order valence-corrected chi connectivity index (χ3v) is 3.98. The summed E-state index contributed by atoms with van der Waals surface area (Å²) in [4.78, 5) is 15.6. The maximum Gasteiger partial charge on any atom is 0.159 e. The summed E-state index contributed by atoms with van der Waals surface area (Å²) in [5, 5.41) is 0. The van der Waals surface area contributed by atoms with E-state index in [4.69, 9.17) is 4.98 Å². The van der Waals surface area contributed by atoms with Gasteiger partial charge in [0, 0.05) is 43.8 Å². The SMILES string of the molecule is C[C@H]1C[C@H](C)CN(Cc2ccnc(-c3ccncc3)n2)C1. The van der Waals surface area contributed by atoms with Crippen LogP contribution in [0.15, 0.2) is 36.8 Å². The van der Waals surface area contributed by atoms with E-state index in [0.29, 0.717) is 0 Å². The molecule has 1 saturated heterocycles. The van der Waals surface area contributed by atoms with Gasteiger partial charge in [0.2, 0.25) is 0 Å². The summed E-state index contributed by atoms with van der Waals surface area (Å²) >= 11 is 0. The predicted octanol–water partition coefficient (Wildman–Crippen LogP) is 3.02. The van der Waals surface area contributed by atoms with E-state index in [-0.39, 0.29) is 0 Å². The molecule has 2 aromatic heterocycles. The summed E-state index contributed by atoms with van der Waals surface area (Å²) in [6.07, 6.45) is 6.75. The molecule has 0 radical (unpaired) electrons. The van der Waals surface area contributed by atoms with Gasteiger partial charge in [-0.25, -0.2) is 9.97 Å². The molecule has 0 aliphatic carbocycles. The predicted molar refractivity (Wildman–Crippen MR) is 83.5 cm³/mol. The molecule has 0 N–H and O–H groups in total. The normalized spacial score (nSPS) is 23.1. The van der Waals surface area contributed by atoms with E-state index in [9.17, 15) is 0 Å². The van der Waals surface area contributed by atoms with Gasteiger partial charge in [-0.15, -0.1) is 0 Å². The monoisotopic (exact) mass is 282 g/mol. The van der Waals surface area contributed by atoms with E-state index in [0.717, 1.165) is 35.5 Å². The molecule has 1 aliphatic rings. The third-order valence-electron chi connectivity index (χ3n) is 3.98. The zero-order valence-corrected chi connectivity index (χ0v) is 12.7. The number of hydrogen-bond acceptors (Lipinski definition) is 4. The second-order valence-electron chi connectivity index (χ2n) is 6.25. The van der Waals surface area contributed by atoms with Gasteiger partial charge in [0.1, 0.15) is 0 Å². The van der Waals surface area contributed by atoms with E-state index in [2.05, 4.69) is 28.7 Å². The molecule has 0 amide bonds. The average Bonchev–Trinajstić information content (AvgIpc) is 2.47. The highest BCUT2D eigenvalue weighted by Crippen LogP contribution is 2.22. The molecule has 4 heteroatoms. The van der Waals surface area contributed by atoms with Crippen molar-refractivity contribution >= 4 is 0 Å². The Morgan fingerprint density at radius 3 is 2.48 bits per heavy atom. The van der Waals surface area contributed by atoms with E-state index >= 15 is 0 Å². The second kappa shape index (κ2) is 6.31. The largest absolute Gasteiger partial charge is 0.297 e. The summed E-state index contributed by atoms with van der Waals surface area (Å²) in [7, 11) is 0. The van der Waals surface area contributed by atoms with Crippen LogP contribution >= 0.6 is 0 Å². The number of hydrogen-bond donors (Lipinski definition) is 0. The summed E-state index contributed by atoms with van der Waals surface area (Å²) in [6, 6.07) is 5.92. The lowest BCUT2D eigenvalue weighted by Gasteiger charge is -2.34. The molecule has 21 heavy (non-hydrogen) atoms. The maximum absolute atomic E-state index is 4.71. The molecule has 110 valence electrons. The molecule has 0 spiro atoms. The third kappa shape index (κ3) is 3.64. The molecule has 0 bridgehead atoms. The number of piperidine rings is 1. The van der Waals surface area contributed by atoms with Gasteiger partial charge in [-0.2, -0.15) is 0 Å². The second-order valence-corrected chi connectivity index (χ2v) is 6.25. The molecule has 0 saturated carbocycles. The molecule has 2 atom stereocenters. The van der Waals surface area contributed by atoms with E-state index in [1.807, 2.05) is 24.4 Å². The van der Waals surface area contributed by atoms with Crippen LogP contribution in [-0.4, -0.2) is 32.9 Å². The van der Waals surface area contributed by atoms with Crippen LogP contribution in [0.5, 0.6) is 0 Å². The van der Waals surface area contributed by atoms with Gasteiger partial charge < -0.3 is 0 Å². The van der Waals surface area contributed by atoms with Crippen LogP contribution in [0.25, 0.3) is 11.4 Å². The van der Waals surface area contributed by atoms with Crippen LogP contribution in [0.3, 0.4) is 0 Å². The lowest BCUT2D eigenvalue weighted by Crippen LogP contribution is -2.38. The molecule has 1 aliphatic heterocycles. The number of rotatable bonds is 3. The lowest BCUT2D eigenvalue weighted by atomic mass is 9.92. The Kier molecular flexibility index (Phi) is 4.25. The Bertz CT molecular complexity index is 574. The molecule has 3 rings (SSSR count). The molecule has 3 heterocycles. The Morgan fingerprint density at radius 1 is 1.05 bits per heavy atom. The van der Waals surface area contributed by atoms with Gasteiger partial charge in [0.05, 0.1) is 5.69 Å². The first-order chi connectivity index (χ1) is 10.2. The quantitative estimate of drug-likeness (QED) is 0.868. The highest BCUT2D eigenvalue weighted by Gasteiger charge is 2.22. The molecule has 0 aromatic carbocycles. The fourth-order valence-electron chi connectivity index (χ4n) is 3.27. The van der Waals surface area contributed by atoms with Crippen molar-refractivity contribution in [1.82, 2.24) is 19.9 Å². The van der Waals surface area contributed by atoms with Gasteiger partial charge in [-0.1, -0.05) is 13.8 Å². The van der Waals surface area contributed by atoms with Gasteiger partial charge >= 0.3 is 0 Å². The summed E-state index contributed by atoms with van der Waals surface area (Å²) < 4.78 is 0. The van der Waals surface area contributed by atoms with Crippen LogP contribution in [0.4, 0.5) is 0 Å². The minimum absolute atomic E-state index is 0.773. The highest BCUT2D eigenvalue weighted by molar-refractivity contribution is 5.53. The Hall–Kier alpha value is -1.81. The molecule has 2 aromatic rings. The van der Waals surface area contributed by atoms with Crippen molar-refractivity contribution in [1.29, 1.82) is 0 Å². The van der Waals surface area contributed by atoms with Gasteiger partial charge in [-0.05, 0) is 36.5 Å². The summed E-state index contributed by atoms with van der Waals surface area (Å²) in [5.74, 6) is 2.33. The minimum atomic E-state index is 0.773. The van der Waals surface area contributed by atoms with Crippen molar-refractivity contribution in [2.75, 3.05) is 13.1 Å². The zero-order valence-electron chi connectivity index (χ0n) is 12.7. The first-order valence-corrected chi connectivity index (χ1v) is 7.65. The van der Waals surface area contributed by atoms with E-state index in [1.54, 1.807) is 12.4 Å². The van der Waals surface area contributed by atoms with Crippen molar-refractivity contribution in [2.24, 2.45) is 11.8 Å². The van der Waals surface area contributed by atoms with Crippen molar-refractivity contribution < 1.29 is 0 Å². The first kappa shape index (κ1) is 14.1. The standard InChI is InChI=1S/C17H22N4/c1-13-9-14(2)11-21(10-13)12-16-5-8-19-17(20-16)15-3-6-18-7-4-15/h3-8,13-14H,9-12H2,1-2H3/t13-,14-/m0/s1. The van der Waals surface area contributed by atoms with E-state index in [1.165, 1.54) is 19.5 Å². The molecule has 0 unspecified atom stereocenters. The maximum atomic E-state index is 4.71. The Balaban J connectivity index is 1.74. The molecular weight excluding hydrogens is 260 g/mol. The van der Waals surface area contributed by atoms with Crippen molar-refractivity contribution in [3.05, 3.63) is 42.5 Å². The van der Waals surface area contributed by atoms with Gasteiger partial charge in [-0.3, -0.25) is 9.88 Å². The molecule has 4 nitrogen and oxygen atoms in total. The van der Waals surface area contributed by atoms with Crippen LogP contribution in [0.1, 0.15) is 26.0 Å². The van der Waals surface area contributed by atoms with Crippen LogP contribution < -0.4 is 0 Å². The smallest absolute Gasteiger partial charge is 0.159 e. The minimum Gasteiger partial charge on any atom is -0.297 e. The van der Waals surface area contributed by atoms with Crippen LogP contribution in [0, 0.1) is 11.8 Å². The van der Waals surface area contributed by atoms with Crippen molar-refractivity contribution in [3.63, 3.8) is 0 Å². The zero-order chi connectivity index (χ0) is 14.7. The number of likely N-dealkylation sites (tertiary alicyclic amines) is 1. The fourth-order valence-corrected chi connectivity index (χ4v) is 3.27. The topological polar surface area (TPSA) is 41.9 Å². The van der Waals surface area contributed by atoms with Crippen LogP contribution in [0.2, 0.25) is 0 Å². The Labute approximate surface area is 126 Å². The van der Waals surface area contributed by atoms with Crippen molar-refractivity contribution in [3.8, 4) is 11.4 Å². The van der Waals surface area contributed by atoms with Crippen LogP contribution in [-0.2, 0) is 6.54 Å². The number of pyridine rings is 1. The Morgan fingerprint density at radius 2 is 1.76 bits per heavy atom. The van der Waals surface area contributed by atoms with Crippen molar-refractivity contribution in [2.45, 2.75) is 26.8 Å². The summed E-state index contributed by atoms with van der Waals surface area (Å²) in [5.41, 5.74) is 2.12. The number of aromatic nitrogens is 3. The summed E-state index contributed by atoms with van der Waals surface area (Å²) in [6.45, 7) is 7.92. The first-order valence-electron chi connectivity index (χ1n) is 7.65. The van der Waals surface area contributed by atoms with Gasteiger partial charge in [0.15, 0.2) is 5.82 Å². The highest BCUT2D eigenvalue weighted by atomic mass is 15.1. The average molecular weight is 282 g/mol. The van der Waals surface area contributed by atoms with Gasteiger partial charge in [0.25, 0.3) is 0 Å². The lowest BCUT2D eigenvalue weighted by molar-refractivity contribution is 0.133. The number of nitrogens with zero attached hydrogens (tertiary/aromatic N) is 4. The molecule has 1 fully saturated rings. The fraction of sp³-hybridized carbons (Fsp3) is 0.471.